The molecule has 104 valence electrons. The van der Waals surface area contributed by atoms with Crippen LogP contribution in [0.3, 0.4) is 0 Å². The van der Waals surface area contributed by atoms with E-state index in [1.54, 1.807) is 30.3 Å². The van der Waals surface area contributed by atoms with Gasteiger partial charge in [-0.05, 0) is 37.6 Å². The number of pyridine rings is 1. The van der Waals surface area contributed by atoms with Gasteiger partial charge in [0.2, 0.25) is 0 Å². The maximum absolute atomic E-state index is 12.7. The molecular weight excluding hydrogens is 250 g/mol. The van der Waals surface area contributed by atoms with Crippen molar-refractivity contribution in [2.75, 3.05) is 23.8 Å². The summed E-state index contributed by atoms with van der Waals surface area (Å²) in [5.74, 6) is 0.678. The molecule has 1 heterocycles. The summed E-state index contributed by atoms with van der Waals surface area (Å²) in [7, 11) is 1.79. The minimum Gasteiger partial charge on any atom is -0.373 e. The lowest BCUT2D eigenvalue weighted by atomic mass is 10.1. The number of aryl methyl sites for hydroxylation is 1. The maximum Gasteiger partial charge on any atom is 0.258 e. The van der Waals surface area contributed by atoms with Crippen LogP contribution in [0.5, 0.6) is 0 Å². The van der Waals surface area contributed by atoms with E-state index in [2.05, 4.69) is 10.3 Å². The van der Waals surface area contributed by atoms with E-state index in [9.17, 15) is 4.79 Å². The number of nitrogens with one attached hydrogen (secondary N) is 1. The molecule has 1 amide bonds. The molecule has 2 rings (SSSR count). The van der Waals surface area contributed by atoms with Gasteiger partial charge in [-0.25, -0.2) is 4.98 Å². The second-order valence-corrected chi connectivity index (χ2v) is 4.52. The first-order valence-electron chi connectivity index (χ1n) is 6.68. The maximum atomic E-state index is 12.7. The third kappa shape index (κ3) is 2.79. The highest BCUT2D eigenvalue weighted by Crippen LogP contribution is 2.21. The number of hydrogen-bond donors (Lipinski definition) is 1. The highest BCUT2D eigenvalue weighted by atomic mass is 16.2. The van der Waals surface area contributed by atoms with Gasteiger partial charge in [0.15, 0.2) is 0 Å². The smallest absolute Gasteiger partial charge is 0.258 e. The van der Waals surface area contributed by atoms with Crippen molar-refractivity contribution in [2.45, 2.75) is 13.8 Å². The topological polar surface area (TPSA) is 45.2 Å². The van der Waals surface area contributed by atoms with Gasteiger partial charge in [-0.3, -0.25) is 4.79 Å². The van der Waals surface area contributed by atoms with Crippen molar-refractivity contribution in [3.8, 4) is 0 Å². The first-order valence-corrected chi connectivity index (χ1v) is 6.68. The normalized spacial score (nSPS) is 10.2. The van der Waals surface area contributed by atoms with Crippen LogP contribution in [0, 0.1) is 6.92 Å². The van der Waals surface area contributed by atoms with Gasteiger partial charge in [-0.15, -0.1) is 0 Å². The zero-order chi connectivity index (χ0) is 14.5. The average molecular weight is 269 g/mol. The second kappa shape index (κ2) is 6.19. The van der Waals surface area contributed by atoms with Gasteiger partial charge in [0.1, 0.15) is 5.82 Å². The van der Waals surface area contributed by atoms with Crippen molar-refractivity contribution in [1.82, 2.24) is 4.98 Å². The fourth-order valence-corrected chi connectivity index (χ4v) is 2.15. The lowest BCUT2D eigenvalue weighted by Crippen LogP contribution is -2.31. The fraction of sp³-hybridized carbons (Fsp3) is 0.250. The highest BCUT2D eigenvalue weighted by molar-refractivity contribution is 6.06. The Morgan fingerprint density at radius 3 is 2.70 bits per heavy atom. The number of carbonyl (C=O) groups excluding carboxylic acids is 1. The number of anilines is 2. The number of para-hydroxylation sites is 1. The summed E-state index contributed by atoms with van der Waals surface area (Å²) in [4.78, 5) is 18.6. The summed E-state index contributed by atoms with van der Waals surface area (Å²) < 4.78 is 0. The van der Waals surface area contributed by atoms with Crippen LogP contribution >= 0.6 is 0 Å². The van der Waals surface area contributed by atoms with Crippen molar-refractivity contribution in [3.05, 3.63) is 53.7 Å². The lowest BCUT2D eigenvalue weighted by Gasteiger charge is -2.23. The van der Waals surface area contributed by atoms with Crippen LogP contribution in [-0.4, -0.2) is 24.5 Å². The molecule has 0 saturated heterocycles. The summed E-state index contributed by atoms with van der Waals surface area (Å²) in [6.45, 7) is 4.61. The molecule has 0 atom stereocenters. The van der Waals surface area contributed by atoms with Crippen LogP contribution in [0.25, 0.3) is 0 Å². The van der Waals surface area contributed by atoms with Gasteiger partial charge >= 0.3 is 0 Å². The predicted octanol–water partition coefficient (Wildman–Crippen LogP) is 3.10. The Morgan fingerprint density at radius 1 is 1.30 bits per heavy atom. The van der Waals surface area contributed by atoms with E-state index in [1.165, 1.54) is 0 Å². The van der Waals surface area contributed by atoms with Gasteiger partial charge in [0.05, 0.1) is 0 Å². The van der Waals surface area contributed by atoms with E-state index in [0.717, 1.165) is 11.3 Å². The first kappa shape index (κ1) is 14.1. The van der Waals surface area contributed by atoms with Crippen LogP contribution in [0.15, 0.2) is 42.6 Å². The molecule has 0 aliphatic rings. The van der Waals surface area contributed by atoms with Crippen molar-refractivity contribution in [2.24, 2.45) is 0 Å². The largest absolute Gasteiger partial charge is 0.373 e. The van der Waals surface area contributed by atoms with Gasteiger partial charge in [-0.1, -0.05) is 18.2 Å². The number of nitrogens with zero attached hydrogens (tertiary/aromatic N) is 2. The molecule has 4 heteroatoms. The Labute approximate surface area is 119 Å². The quantitative estimate of drug-likeness (QED) is 0.927. The third-order valence-electron chi connectivity index (χ3n) is 3.23. The molecule has 0 fully saturated rings. The summed E-state index contributed by atoms with van der Waals surface area (Å²) >= 11 is 0. The molecule has 1 N–H and O–H groups in total. The van der Waals surface area contributed by atoms with Crippen molar-refractivity contribution < 1.29 is 4.79 Å². The summed E-state index contributed by atoms with van der Waals surface area (Å²) in [6.07, 6.45) is 1.64. The van der Waals surface area contributed by atoms with Crippen LogP contribution in [0.4, 0.5) is 11.5 Å². The van der Waals surface area contributed by atoms with E-state index >= 15 is 0 Å². The Hall–Kier alpha value is -2.36. The Kier molecular flexibility index (Phi) is 4.35. The zero-order valence-corrected chi connectivity index (χ0v) is 12.1. The second-order valence-electron chi connectivity index (χ2n) is 4.52. The monoisotopic (exact) mass is 269 g/mol. The predicted molar refractivity (Wildman–Crippen MR) is 82.3 cm³/mol. The van der Waals surface area contributed by atoms with Gasteiger partial charge < -0.3 is 10.2 Å². The van der Waals surface area contributed by atoms with Crippen LogP contribution in [-0.2, 0) is 0 Å². The van der Waals surface area contributed by atoms with Crippen molar-refractivity contribution >= 4 is 17.4 Å². The molecule has 0 bridgehead atoms. The Bertz CT molecular complexity index is 610. The Morgan fingerprint density at radius 2 is 2.05 bits per heavy atom. The molecule has 0 radical (unpaired) electrons. The summed E-state index contributed by atoms with van der Waals surface area (Å²) in [6, 6.07) is 11.4. The van der Waals surface area contributed by atoms with E-state index in [1.807, 2.05) is 38.1 Å². The van der Waals surface area contributed by atoms with Crippen molar-refractivity contribution in [1.29, 1.82) is 0 Å². The van der Waals surface area contributed by atoms with Crippen molar-refractivity contribution in [3.63, 3.8) is 0 Å². The average Bonchev–Trinajstić information content (AvgIpc) is 2.49. The standard InChI is InChI=1S/C16H19N3O/c1-4-19(14-8-6-5-7-12(14)2)16(20)13-9-10-18-15(11-13)17-3/h5-11H,4H2,1-3H3,(H,17,18). The minimum atomic E-state index is -0.0132. The molecule has 1 aromatic carbocycles. The molecule has 0 spiro atoms. The van der Waals surface area contributed by atoms with Crippen LogP contribution in [0.1, 0.15) is 22.8 Å². The molecular formula is C16H19N3O. The van der Waals surface area contributed by atoms with Crippen LogP contribution < -0.4 is 10.2 Å². The molecule has 0 unspecified atom stereocenters. The number of hydrogen-bond acceptors (Lipinski definition) is 3. The molecule has 0 aliphatic carbocycles. The zero-order valence-electron chi connectivity index (χ0n) is 12.1. The molecule has 1 aromatic heterocycles. The molecule has 0 aliphatic heterocycles. The van der Waals surface area contributed by atoms with Gasteiger partial charge in [-0.2, -0.15) is 0 Å². The highest BCUT2D eigenvalue weighted by Gasteiger charge is 2.17. The number of aromatic nitrogens is 1. The SMILES string of the molecule is CCN(C(=O)c1ccnc(NC)c1)c1ccccc1C. The molecule has 2 aromatic rings. The molecule has 20 heavy (non-hydrogen) atoms. The van der Waals surface area contributed by atoms with Gasteiger partial charge in [0, 0.05) is 31.0 Å². The first-order chi connectivity index (χ1) is 9.67. The van der Waals surface area contributed by atoms with Crippen LogP contribution in [0.2, 0.25) is 0 Å². The van der Waals surface area contributed by atoms with E-state index < -0.39 is 0 Å². The lowest BCUT2D eigenvalue weighted by molar-refractivity contribution is 0.0988. The summed E-state index contributed by atoms with van der Waals surface area (Å²) in [5.41, 5.74) is 2.67. The number of rotatable bonds is 4. The van der Waals surface area contributed by atoms with E-state index in [0.29, 0.717) is 17.9 Å². The Balaban J connectivity index is 2.36. The molecule has 4 nitrogen and oxygen atoms in total. The number of benzene rings is 1. The minimum absolute atomic E-state index is 0.0132. The van der Waals surface area contributed by atoms with E-state index in [-0.39, 0.29) is 5.91 Å². The van der Waals surface area contributed by atoms with Gasteiger partial charge in [0.25, 0.3) is 5.91 Å². The summed E-state index contributed by atoms with van der Waals surface area (Å²) in [5, 5.41) is 2.95. The third-order valence-corrected chi connectivity index (χ3v) is 3.23. The van der Waals surface area contributed by atoms with E-state index in [4.69, 9.17) is 0 Å². The number of amides is 1. The molecule has 0 saturated carbocycles. The fourth-order valence-electron chi connectivity index (χ4n) is 2.15. The number of carbonyl (C=O) groups is 1.